The molecule has 0 saturated heterocycles. The quantitative estimate of drug-likeness (QED) is 0.515. The van der Waals surface area contributed by atoms with E-state index in [1.807, 2.05) is 5.32 Å². The highest BCUT2D eigenvalue weighted by molar-refractivity contribution is 6.43. The van der Waals surface area contributed by atoms with E-state index in [9.17, 15) is 28.5 Å². The Balaban J connectivity index is 2.12. The number of carbonyl (C=O) groups is 2. The van der Waals surface area contributed by atoms with Crippen LogP contribution in [0, 0.1) is 21.7 Å². The van der Waals surface area contributed by atoms with Crippen LogP contribution in [0.3, 0.4) is 0 Å². The molecule has 0 bridgehead atoms. The van der Waals surface area contributed by atoms with Crippen LogP contribution in [0.1, 0.15) is 0 Å². The first-order valence-corrected chi connectivity index (χ1v) is 6.19. The van der Waals surface area contributed by atoms with Crippen molar-refractivity contribution >= 4 is 28.9 Å². The van der Waals surface area contributed by atoms with E-state index in [0.29, 0.717) is 6.07 Å². The molecule has 0 aromatic heterocycles. The predicted molar refractivity (Wildman–Crippen MR) is 76.7 cm³/mol. The minimum absolute atomic E-state index is 0.183. The molecule has 0 radical (unpaired) electrons. The zero-order chi connectivity index (χ0) is 17.0. The van der Waals surface area contributed by atoms with Crippen LogP contribution in [-0.4, -0.2) is 16.7 Å². The van der Waals surface area contributed by atoms with Gasteiger partial charge in [-0.1, -0.05) is 12.1 Å². The summed E-state index contributed by atoms with van der Waals surface area (Å²) in [5, 5.41) is 14.8. The summed E-state index contributed by atoms with van der Waals surface area (Å²) in [5.74, 6) is -4.39. The number of nitro benzene ring substituents is 1. The summed E-state index contributed by atoms with van der Waals surface area (Å²) in [7, 11) is 0. The van der Waals surface area contributed by atoms with Gasteiger partial charge in [-0.05, 0) is 18.2 Å². The van der Waals surface area contributed by atoms with Gasteiger partial charge in [-0.15, -0.1) is 0 Å². The van der Waals surface area contributed by atoms with Crippen molar-refractivity contribution in [3.63, 3.8) is 0 Å². The van der Waals surface area contributed by atoms with Crippen molar-refractivity contribution in [2.24, 2.45) is 0 Å². The highest BCUT2D eigenvalue weighted by Crippen LogP contribution is 2.23. The number of hydrogen-bond donors (Lipinski definition) is 2. The lowest BCUT2D eigenvalue weighted by atomic mass is 10.2. The highest BCUT2D eigenvalue weighted by Gasteiger charge is 2.20. The zero-order valence-corrected chi connectivity index (χ0v) is 11.4. The summed E-state index contributed by atoms with van der Waals surface area (Å²) in [5.41, 5.74) is -0.979. The van der Waals surface area contributed by atoms with Crippen molar-refractivity contribution in [2.45, 2.75) is 0 Å². The van der Waals surface area contributed by atoms with Crippen molar-refractivity contribution in [1.82, 2.24) is 0 Å². The maximum absolute atomic E-state index is 13.4. The zero-order valence-electron chi connectivity index (χ0n) is 11.4. The minimum Gasteiger partial charge on any atom is -0.315 e. The van der Waals surface area contributed by atoms with Gasteiger partial charge in [0.25, 0.3) is 5.69 Å². The number of nitrogens with zero attached hydrogens (tertiary/aromatic N) is 1. The van der Waals surface area contributed by atoms with Crippen LogP contribution in [0.5, 0.6) is 0 Å². The molecule has 0 aliphatic heterocycles. The number of rotatable bonds is 3. The number of para-hydroxylation sites is 2. The molecule has 2 N–H and O–H groups in total. The lowest BCUT2D eigenvalue weighted by Gasteiger charge is -2.07. The third-order valence-corrected chi connectivity index (χ3v) is 2.73. The molecule has 0 fully saturated rings. The molecule has 2 amide bonds. The molecule has 0 saturated carbocycles. The number of halogens is 2. The molecule has 2 aromatic carbocycles. The van der Waals surface area contributed by atoms with E-state index in [2.05, 4.69) is 5.32 Å². The SMILES string of the molecule is O=C(Nc1ccc(F)cc1F)C(=O)Nc1ccccc1[N+](=O)[O-]. The van der Waals surface area contributed by atoms with E-state index >= 15 is 0 Å². The molecular formula is C14H9F2N3O4. The van der Waals surface area contributed by atoms with Crippen LogP contribution in [0.2, 0.25) is 0 Å². The van der Waals surface area contributed by atoms with Crippen molar-refractivity contribution < 1.29 is 23.3 Å². The molecule has 9 heteroatoms. The minimum atomic E-state index is -1.26. The molecule has 118 valence electrons. The van der Waals surface area contributed by atoms with Crippen molar-refractivity contribution in [3.8, 4) is 0 Å². The Hall–Kier alpha value is -3.36. The first kappa shape index (κ1) is 16.0. The molecular weight excluding hydrogens is 312 g/mol. The summed E-state index contributed by atoms with van der Waals surface area (Å²) in [4.78, 5) is 33.5. The second kappa shape index (κ2) is 6.60. The van der Waals surface area contributed by atoms with Gasteiger partial charge in [0.05, 0.1) is 10.6 Å². The summed E-state index contributed by atoms with van der Waals surface area (Å²) < 4.78 is 26.2. The molecule has 23 heavy (non-hydrogen) atoms. The Labute approximate surface area is 128 Å². The monoisotopic (exact) mass is 321 g/mol. The molecule has 0 aliphatic carbocycles. The van der Waals surface area contributed by atoms with E-state index < -0.39 is 39.7 Å². The number of carbonyl (C=O) groups excluding carboxylic acids is 2. The van der Waals surface area contributed by atoms with Gasteiger partial charge in [0.2, 0.25) is 0 Å². The van der Waals surface area contributed by atoms with E-state index in [4.69, 9.17) is 0 Å². The maximum Gasteiger partial charge on any atom is 0.314 e. The van der Waals surface area contributed by atoms with Crippen LogP contribution in [0.4, 0.5) is 25.8 Å². The predicted octanol–water partition coefficient (Wildman–Crippen LogP) is 2.45. The fraction of sp³-hybridized carbons (Fsp3) is 0. The second-order valence-electron chi connectivity index (χ2n) is 4.31. The standard InChI is InChI=1S/C14H9F2N3O4/c15-8-5-6-10(9(16)7-8)17-13(20)14(21)18-11-3-1-2-4-12(11)19(22)23/h1-7H,(H,17,20)(H,18,21). The third kappa shape index (κ3) is 3.84. The van der Waals surface area contributed by atoms with Gasteiger partial charge in [-0.25, -0.2) is 8.78 Å². The number of nitro groups is 1. The first-order chi connectivity index (χ1) is 10.9. The number of nitrogens with one attached hydrogen (secondary N) is 2. The normalized spacial score (nSPS) is 10.0. The molecule has 0 unspecified atom stereocenters. The summed E-state index contributed by atoms with van der Waals surface area (Å²) in [6.07, 6.45) is 0. The highest BCUT2D eigenvalue weighted by atomic mass is 19.1. The summed E-state index contributed by atoms with van der Waals surface area (Å²) in [6.45, 7) is 0. The number of benzene rings is 2. The number of amides is 2. The van der Waals surface area contributed by atoms with Gasteiger partial charge in [0.1, 0.15) is 17.3 Å². The van der Waals surface area contributed by atoms with Gasteiger partial charge in [-0.3, -0.25) is 19.7 Å². The Kier molecular flexibility index (Phi) is 4.60. The van der Waals surface area contributed by atoms with E-state index in [1.54, 1.807) is 0 Å². The van der Waals surface area contributed by atoms with Gasteiger partial charge >= 0.3 is 11.8 Å². The van der Waals surface area contributed by atoms with Gasteiger partial charge < -0.3 is 10.6 Å². The summed E-state index contributed by atoms with van der Waals surface area (Å²) in [6, 6.07) is 7.59. The van der Waals surface area contributed by atoms with E-state index in [-0.39, 0.29) is 5.69 Å². The Bertz CT molecular complexity index is 795. The first-order valence-electron chi connectivity index (χ1n) is 6.19. The second-order valence-corrected chi connectivity index (χ2v) is 4.31. The number of hydrogen-bond acceptors (Lipinski definition) is 4. The molecule has 0 aliphatic rings. The average Bonchev–Trinajstić information content (AvgIpc) is 2.50. The Morgan fingerprint density at radius 3 is 2.17 bits per heavy atom. The maximum atomic E-state index is 13.4. The van der Waals surface area contributed by atoms with Crippen LogP contribution in [0.15, 0.2) is 42.5 Å². The number of anilines is 2. The Morgan fingerprint density at radius 1 is 0.957 bits per heavy atom. The largest absolute Gasteiger partial charge is 0.315 e. The lowest BCUT2D eigenvalue weighted by molar-refractivity contribution is -0.383. The fourth-order valence-corrected chi connectivity index (χ4v) is 1.69. The van der Waals surface area contributed by atoms with Crippen LogP contribution < -0.4 is 10.6 Å². The molecule has 7 nitrogen and oxygen atoms in total. The topological polar surface area (TPSA) is 101 Å². The van der Waals surface area contributed by atoms with Crippen LogP contribution >= 0.6 is 0 Å². The van der Waals surface area contributed by atoms with Gasteiger partial charge in [0, 0.05) is 12.1 Å². The van der Waals surface area contributed by atoms with Crippen molar-refractivity contribution in [1.29, 1.82) is 0 Å². The molecule has 2 aromatic rings. The van der Waals surface area contributed by atoms with Crippen LogP contribution in [-0.2, 0) is 9.59 Å². The van der Waals surface area contributed by atoms with Crippen molar-refractivity contribution in [2.75, 3.05) is 10.6 Å². The molecule has 0 heterocycles. The van der Waals surface area contributed by atoms with E-state index in [1.165, 1.54) is 18.2 Å². The van der Waals surface area contributed by atoms with Crippen molar-refractivity contribution in [3.05, 3.63) is 64.2 Å². The lowest BCUT2D eigenvalue weighted by Crippen LogP contribution is -2.29. The third-order valence-electron chi connectivity index (χ3n) is 2.73. The van der Waals surface area contributed by atoms with E-state index in [0.717, 1.165) is 18.2 Å². The molecule has 0 spiro atoms. The van der Waals surface area contributed by atoms with Crippen LogP contribution in [0.25, 0.3) is 0 Å². The van der Waals surface area contributed by atoms with Gasteiger partial charge in [0.15, 0.2) is 0 Å². The molecule has 0 atom stereocenters. The molecule has 2 rings (SSSR count). The Morgan fingerprint density at radius 2 is 1.57 bits per heavy atom. The fourth-order valence-electron chi connectivity index (χ4n) is 1.69. The average molecular weight is 321 g/mol. The summed E-state index contributed by atoms with van der Waals surface area (Å²) >= 11 is 0. The van der Waals surface area contributed by atoms with Gasteiger partial charge in [-0.2, -0.15) is 0 Å². The smallest absolute Gasteiger partial charge is 0.314 e.